The van der Waals surface area contributed by atoms with Crippen LogP contribution < -0.4 is 16.0 Å². The highest BCUT2D eigenvalue weighted by molar-refractivity contribution is 7.10. The summed E-state index contributed by atoms with van der Waals surface area (Å²) in [7, 11) is 1.72. The Labute approximate surface area is 208 Å². The molecule has 188 valence electrons. The Hall–Kier alpha value is -2.69. The second kappa shape index (κ2) is 11.4. The van der Waals surface area contributed by atoms with Crippen molar-refractivity contribution in [3.63, 3.8) is 0 Å². The summed E-state index contributed by atoms with van der Waals surface area (Å²) in [6, 6.07) is 4.16. The molecule has 3 N–H and O–H groups in total. The maximum atomic E-state index is 13.8. The van der Waals surface area contributed by atoms with Gasteiger partial charge in [-0.25, -0.2) is 9.37 Å². The zero-order chi connectivity index (χ0) is 24.9. The molecular weight excluding hydrogens is 469 g/mol. The van der Waals surface area contributed by atoms with Gasteiger partial charge in [-0.15, -0.1) is 11.3 Å². The Morgan fingerprint density at radius 2 is 1.89 bits per heavy atom. The van der Waals surface area contributed by atoms with Crippen molar-refractivity contribution in [3.8, 4) is 0 Å². The zero-order valence-corrected chi connectivity index (χ0v) is 20.9. The lowest BCUT2D eigenvalue weighted by atomic mass is 9.89. The molecule has 2 amide bonds. The molecule has 0 radical (unpaired) electrons. The number of carbonyl (C=O) groups excluding carboxylic acids is 3. The minimum absolute atomic E-state index is 0.0601. The molecule has 2 aliphatic rings. The average Bonchev–Trinajstić information content (AvgIpc) is 3.56. The van der Waals surface area contributed by atoms with E-state index < -0.39 is 17.9 Å². The van der Waals surface area contributed by atoms with E-state index in [0.29, 0.717) is 22.8 Å². The van der Waals surface area contributed by atoms with Crippen LogP contribution in [-0.2, 0) is 9.59 Å². The Morgan fingerprint density at radius 1 is 1.17 bits per heavy atom. The smallest absolute Gasteiger partial charge is 0.246 e. The summed E-state index contributed by atoms with van der Waals surface area (Å²) >= 11 is 1.36. The van der Waals surface area contributed by atoms with Crippen molar-refractivity contribution >= 4 is 28.9 Å². The van der Waals surface area contributed by atoms with Crippen molar-refractivity contribution in [2.75, 3.05) is 26.7 Å². The average molecular weight is 502 g/mol. The third-order valence-electron chi connectivity index (χ3n) is 6.93. The third-order valence-corrected chi connectivity index (χ3v) is 7.87. The van der Waals surface area contributed by atoms with Gasteiger partial charge >= 0.3 is 0 Å². The fraction of sp³-hybridized carbons (Fsp3) is 0.520. The number of amides is 2. The fourth-order valence-electron chi connectivity index (χ4n) is 4.73. The van der Waals surface area contributed by atoms with E-state index >= 15 is 0 Å². The van der Waals surface area contributed by atoms with Gasteiger partial charge in [-0.1, -0.05) is 0 Å². The lowest BCUT2D eigenvalue weighted by Gasteiger charge is -2.35. The summed E-state index contributed by atoms with van der Waals surface area (Å²) in [5.41, 5.74) is 0.664. The van der Waals surface area contributed by atoms with Gasteiger partial charge in [0.15, 0.2) is 0 Å². The molecule has 4 rings (SSSR count). The maximum absolute atomic E-state index is 13.8. The molecular formula is C25H32FN5O3S. The van der Waals surface area contributed by atoms with E-state index in [4.69, 9.17) is 0 Å². The van der Waals surface area contributed by atoms with Gasteiger partial charge in [0.2, 0.25) is 17.6 Å². The van der Waals surface area contributed by atoms with E-state index in [0.717, 1.165) is 38.8 Å². The lowest BCUT2D eigenvalue weighted by molar-refractivity contribution is -0.139. The fourth-order valence-corrected chi connectivity index (χ4v) is 5.67. The quantitative estimate of drug-likeness (QED) is 0.480. The van der Waals surface area contributed by atoms with E-state index in [-0.39, 0.29) is 29.6 Å². The Bertz CT molecular complexity index is 1050. The van der Waals surface area contributed by atoms with Crippen molar-refractivity contribution in [1.82, 2.24) is 25.8 Å². The number of nitrogens with one attached hydrogen (secondary N) is 3. The van der Waals surface area contributed by atoms with Crippen LogP contribution in [0.4, 0.5) is 4.39 Å². The highest BCUT2D eigenvalue weighted by atomic mass is 32.1. The van der Waals surface area contributed by atoms with Crippen LogP contribution in [0.5, 0.6) is 0 Å². The number of ketones is 1. The van der Waals surface area contributed by atoms with Crippen molar-refractivity contribution in [2.45, 2.75) is 50.7 Å². The maximum Gasteiger partial charge on any atom is 0.246 e. The molecule has 2 aromatic rings. The SMILES string of the molecule is CN[C@@H](C)C(=O)N[C@H](C(=O)N1CCC[C@H]1c1nc(C(=O)c2ccc(F)cc2)cs1)C1CCNCC1. The van der Waals surface area contributed by atoms with Gasteiger partial charge in [0.05, 0.1) is 12.1 Å². The van der Waals surface area contributed by atoms with E-state index in [1.807, 2.05) is 4.90 Å². The molecule has 2 saturated heterocycles. The van der Waals surface area contributed by atoms with E-state index in [1.165, 1.54) is 35.6 Å². The minimum Gasteiger partial charge on any atom is -0.343 e. The third kappa shape index (κ3) is 5.76. The number of carbonyl (C=O) groups is 3. The molecule has 3 heterocycles. The topological polar surface area (TPSA) is 103 Å². The first-order valence-corrected chi connectivity index (χ1v) is 13.0. The molecule has 35 heavy (non-hydrogen) atoms. The van der Waals surface area contributed by atoms with Gasteiger partial charge in [0.25, 0.3) is 0 Å². The molecule has 2 fully saturated rings. The normalized spacial score (nSPS) is 20.4. The summed E-state index contributed by atoms with van der Waals surface area (Å²) in [6.07, 6.45) is 3.22. The predicted octanol–water partition coefficient (Wildman–Crippen LogP) is 2.27. The summed E-state index contributed by atoms with van der Waals surface area (Å²) in [5, 5.41) is 11.7. The van der Waals surface area contributed by atoms with Gasteiger partial charge < -0.3 is 20.9 Å². The monoisotopic (exact) mass is 501 g/mol. The van der Waals surface area contributed by atoms with E-state index in [2.05, 4.69) is 20.9 Å². The number of benzene rings is 1. The van der Waals surface area contributed by atoms with Crippen molar-refractivity contribution in [1.29, 1.82) is 0 Å². The molecule has 0 spiro atoms. The van der Waals surface area contributed by atoms with Gasteiger partial charge in [-0.05, 0) is 82.9 Å². The molecule has 0 unspecified atom stereocenters. The number of halogens is 1. The van der Waals surface area contributed by atoms with Crippen LogP contribution in [-0.4, -0.2) is 66.2 Å². The van der Waals surface area contributed by atoms with E-state index in [1.54, 1.807) is 19.4 Å². The first-order chi connectivity index (χ1) is 16.9. The van der Waals surface area contributed by atoms with Crippen molar-refractivity contribution in [2.24, 2.45) is 5.92 Å². The molecule has 10 heteroatoms. The second-order valence-electron chi connectivity index (χ2n) is 9.18. The molecule has 2 aliphatic heterocycles. The highest BCUT2D eigenvalue weighted by Crippen LogP contribution is 2.35. The second-order valence-corrected chi connectivity index (χ2v) is 10.1. The Kier molecular flexibility index (Phi) is 8.25. The molecule has 3 atom stereocenters. The summed E-state index contributed by atoms with van der Waals surface area (Å²) in [4.78, 5) is 45.7. The van der Waals surface area contributed by atoms with Crippen LogP contribution in [0.1, 0.15) is 59.7 Å². The summed E-state index contributed by atoms with van der Waals surface area (Å²) in [5.74, 6) is -0.895. The number of nitrogens with zero attached hydrogens (tertiary/aromatic N) is 2. The van der Waals surface area contributed by atoms with E-state index in [9.17, 15) is 18.8 Å². The number of hydrogen-bond acceptors (Lipinski definition) is 7. The van der Waals surface area contributed by atoms with Crippen LogP contribution in [0.15, 0.2) is 29.6 Å². The molecule has 0 saturated carbocycles. The summed E-state index contributed by atoms with van der Waals surface area (Å²) < 4.78 is 13.2. The molecule has 0 aliphatic carbocycles. The number of rotatable bonds is 8. The minimum atomic E-state index is -0.596. The molecule has 1 aromatic carbocycles. The number of aromatic nitrogens is 1. The van der Waals surface area contributed by atoms with Crippen LogP contribution in [0, 0.1) is 11.7 Å². The van der Waals surface area contributed by atoms with Crippen LogP contribution in [0.3, 0.4) is 0 Å². The number of likely N-dealkylation sites (N-methyl/N-ethyl adjacent to an activating group) is 1. The predicted molar refractivity (Wildman–Crippen MR) is 132 cm³/mol. The Morgan fingerprint density at radius 3 is 2.57 bits per heavy atom. The van der Waals surface area contributed by atoms with Crippen molar-refractivity contribution < 1.29 is 18.8 Å². The standard InChI is InChI=1S/C25H32FN5O3S/c1-15(27-2)23(33)30-21(16-9-11-28-12-10-16)25(34)31-13-3-4-20(31)24-29-19(14-35-24)22(32)17-5-7-18(26)8-6-17/h5-8,14-16,20-21,27-28H,3-4,9-13H2,1-2H3,(H,30,33)/t15-,20-,21-/m0/s1. The van der Waals surface area contributed by atoms with Crippen LogP contribution in [0.2, 0.25) is 0 Å². The number of likely N-dealkylation sites (tertiary alicyclic amines) is 1. The van der Waals surface area contributed by atoms with Crippen molar-refractivity contribution in [3.05, 3.63) is 51.7 Å². The molecule has 1 aromatic heterocycles. The van der Waals surface area contributed by atoms with Crippen LogP contribution >= 0.6 is 11.3 Å². The van der Waals surface area contributed by atoms with Gasteiger partial charge in [0, 0.05) is 17.5 Å². The first-order valence-electron chi connectivity index (χ1n) is 12.1. The highest BCUT2D eigenvalue weighted by Gasteiger charge is 2.40. The van der Waals surface area contributed by atoms with Gasteiger partial charge in [0.1, 0.15) is 22.6 Å². The lowest BCUT2D eigenvalue weighted by Crippen LogP contribution is -2.56. The van der Waals surface area contributed by atoms with Gasteiger partial charge in [-0.3, -0.25) is 14.4 Å². The number of hydrogen-bond donors (Lipinski definition) is 3. The Balaban J connectivity index is 1.53. The first kappa shape index (κ1) is 25.4. The summed E-state index contributed by atoms with van der Waals surface area (Å²) in [6.45, 7) is 3.99. The number of piperidine rings is 1. The zero-order valence-electron chi connectivity index (χ0n) is 20.1. The molecule has 0 bridgehead atoms. The number of thiazole rings is 1. The van der Waals surface area contributed by atoms with Crippen LogP contribution in [0.25, 0.3) is 0 Å². The molecule has 8 nitrogen and oxygen atoms in total. The van der Waals surface area contributed by atoms with Gasteiger partial charge in [-0.2, -0.15) is 0 Å². The largest absolute Gasteiger partial charge is 0.343 e.